The Kier molecular flexibility index (Phi) is 3.22. The van der Waals surface area contributed by atoms with Gasteiger partial charge in [-0.15, -0.1) is 0 Å². The SMILES string of the molecule is CNc1ccncc1C(=O)NC1CNC(=O)C1. The number of rotatable bonds is 3. The summed E-state index contributed by atoms with van der Waals surface area (Å²) in [6, 6.07) is 1.59. The van der Waals surface area contributed by atoms with Crippen molar-refractivity contribution < 1.29 is 9.59 Å². The number of nitrogens with one attached hydrogen (secondary N) is 3. The van der Waals surface area contributed by atoms with Crippen LogP contribution in [-0.2, 0) is 4.79 Å². The van der Waals surface area contributed by atoms with Crippen LogP contribution in [-0.4, -0.2) is 36.4 Å². The molecular formula is C11H14N4O2. The second-order valence-electron chi connectivity index (χ2n) is 3.85. The Morgan fingerprint density at radius 2 is 2.41 bits per heavy atom. The van der Waals surface area contributed by atoms with E-state index in [9.17, 15) is 9.59 Å². The van der Waals surface area contributed by atoms with Crippen molar-refractivity contribution in [2.24, 2.45) is 0 Å². The van der Waals surface area contributed by atoms with Crippen molar-refractivity contribution in [3.05, 3.63) is 24.0 Å². The van der Waals surface area contributed by atoms with E-state index in [-0.39, 0.29) is 17.9 Å². The van der Waals surface area contributed by atoms with Gasteiger partial charge in [0.25, 0.3) is 5.91 Å². The van der Waals surface area contributed by atoms with Gasteiger partial charge in [0, 0.05) is 38.1 Å². The molecule has 1 aromatic heterocycles. The highest BCUT2D eigenvalue weighted by Crippen LogP contribution is 2.13. The quantitative estimate of drug-likeness (QED) is 0.673. The summed E-state index contributed by atoms with van der Waals surface area (Å²) in [6.07, 6.45) is 3.45. The second-order valence-corrected chi connectivity index (χ2v) is 3.85. The van der Waals surface area contributed by atoms with Crippen LogP contribution in [0, 0.1) is 0 Å². The number of amides is 2. The third-order valence-corrected chi connectivity index (χ3v) is 2.65. The minimum atomic E-state index is -0.219. The molecule has 0 spiro atoms. The first kappa shape index (κ1) is 11.4. The molecule has 17 heavy (non-hydrogen) atoms. The molecule has 1 aliphatic heterocycles. The lowest BCUT2D eigenvalue weighted by molar-refractivity contribution is -0.119. The van der Waals surface area contributed by atoms with E-state index in [1.165, 1.54) is 6.20 Å². The summed E-state index contributed by atoms with van der Waals surface area (Å²) in [5, 5.41) is 8.39. The Bertz CT molecular complexity index is 447. The number of carbonyl (C=O) groups excluding carboxylic acids is 2. The molecule has 0 aromatic carbocycles. The van der Waals surface area contributed by atoms with Gasteiger partial charge in [-0.1, -0.05) is 0 Å². The molecule has 2 amide bonds. The van der Waals surface area contributed by atoms with Crippen LogP contribution in [0.3, 0.4) is 0 Å². The average molecular weight is 234 g/mol. The third kappa shape index (κ3) is 2.52. The second kappa shape index (κ2) is 4.82. The van der Waals surface area contributed by atoms with Crippen LogP contribution < -0.4 is 16.0 Å². The van der Waals surface area contributed by atoms with Gasteiger partial charge < -0.3 is 16.0 Å². The van der Waals surface area contributed by atoms with Crippen molar-refractivity contribution in [2.75, 3.05) is 18.9 Å². The lowest BCUT2D eigenvalue weighted by Crippen LogP contribution is -2.36. The van der Waals surface area contributed by atoms with Gasteiger partial charge in [-0.3, -0.25) is 14.6 Å². The van der Waals surface area contributed by atoms with Crippen LogP contribution in [0.25, 0.3) is 0 Å². The minimum absolute atomic E-state index is 0.0321. The zero-order chi connectivity index (χ0) is 12.3. The highest BCUT2D eigenvalue weighted by molar-refractivity contribution is 5.99. The normalized spacial score (nSPS) is 18.6. The van der Waals surface area contributed by atoms with E-state index >= 15 is 0 Å². The molecule has 3 N–H and O–H groups in total. The summed E-state index contributed by atoms with van der Waals surface area (Å²) in [5.41, 5.74) is 1.20. The predicted molar refractivity (Wildman–Crippen MR) is 62.7 cm³/mol. The zero-order valence-corrected chi connectivity index (χ0v) is 9.49. The molecule has 1 aromatic rings. The van der Waals surface area contributed by atoms with Gasteiger partial charge in [0.1, 0.15) is 0 Å². The Morgan fingerprint density at radius 1 is 1.59 bits per heavy atom. The van der Waals surface area contributed by atoms with Gasteiger partial charge in [0.05, 0.1) is 11.6 Å². The largest absolute Gasteiger partial charge is 0.387 e. The van der Waals surface area contributed by atoms with E-state index in [1.54, 1.807) is 19.3 Å². The van der Waals surface area contributed by atoms with E-state index in [4.69, 9.17) is 0 Å². The fourth-order valence-corrected chi connectivity index (χ4v) is 1.76. The molecule has 1 fully saturated rings. The molecule has 6 nitrogen and oxygen atoms in total. The zero-order valence-electron chi connectivity index (χ0n) is 9.49. The molecule has 90 valence electrons. The van der Waals surface area contributed by atoms with E-state index < -0.39 is 0 Å². The number of carbonyl (C=O) groups is 2. The smallest absolute Gasteiger partial charge is 0.255 e. The van der Waals surface area contributed by atoms with Crippen molar-refractivity contribution in [1.82, 2.24) is 15.6 Å². The number of hydrogen-bond acceptors (Lipinski definition) is 4. The number of nitrogens with zero attached hydrogens (tertiary/aromatic N) is 1. The Morgan fingerprint density at radius 3 is 3.06 bits per heavy atom. The van der Waals surface area contributed by atoms with Crippen molar-refractivity contribution >= 4 is 17.5 Å². The number of hydrogen-bond donors (Lipinski definition) is 3. The summed E-state index contributed by atoms with van der Waals surface area (Å²) in [7, 11) is 1.74. The van der Waals surface area contributed by atoms with Crippen LogP contribution in [0.1, 0.15) is 16.8 Å². The fraction of sp³-hybridized carbons (Fsp3) is 0.364. The molecule has 2 rings (SSSR count). The van der Waals surface area contributed by atoms with Crippen molar-refractivity contribution in [2.45, 2.75) is 12.5 Å². The van der Waals surface area contributed by atoms with Crippen molar-refractivity contribution in [1.29, 1.82) is 0 Å². The van der Waals surface area contributed by atoms with E-state index in [0.29, 0.717) is 18.5 Å². The van der Waals surface area contributed by atoms with Crippen LogP contribution in [0.2, 0.25) is 0 Å². The van der Waals surface area contributed by atoms with Crippen molar-refractivity contribution in [3.8, 4) is 0 Å². The summed E-state index contributed by atoms with van der Waals surface area (Å²) in [5.74, 6) is -0.251. The Labute approximate surface area is 98.8 Å². The lowest BCUT2D eigenvalue weighted by atomic mass is 10.2. The topological polar surface area (TPSA) is 83.1 Å². The molecule has 1 aliphatic rings. The Hall–Kier alpha value is -2.11. The molecule has 1 saturated heterocycles. The van der Waals surface area contributed by atoms with Crippen LogP contribution >= 0.6 is 0 Å². The maximum atomic E-state index is 12.0. The molecule has 0 radical (unpaired) electrons. The maximum Gasteiger partial charge on any atom is 0.255 e. The van der Waals surface area contributed by atoms with Gasteiger partial charge in [0.15, 0.2) is 0 Å². The summed E-state index contributed by atoms with van der Waals surface area (Å²) < 4.78 is 0. The van der Waals surface area contributed by atoms with Crippen LogP contribution in [0.5, 0.6) is 0 Å². The van der Waals surface area contributed by atoms with Gasteiger partial charge in [-0.25, -0.2) is 0 Å². The summed E-state index contributed by atoms with van der Waals surface area (Å²) in [6.45, 7) is 0.486. The third-order valence-electron chi connectivity index (χ3n) is 2.65. The van der Waals surface area contributed by atoms with Crippen LogP contribution in [0.15, 0.2) is 18.5 Å². The molecule has 2 heterocycles. The van der Waals surface area contributed by atoms with Crippen LogP contribution in [0.4, 0.5) is 5.69 Å². The summed E-state index contributed by atoms with van der Waals surface area (Å²) >= 11 is 0. The molecule has 0 saturated carbocycles. The number of pyridine rings is 1. The van der Waals surface area contributed by atoms with Gasteiger partial charge in [-0.2, -0.15) is 0 Å². The van der Waals surface area contributed by atoms with Gasteiger partial charge in [0.2, 0.25) is 5.91 Å². The standard InChI is InChI=1S/C11H14N4O2/c1-12-9-2-3-13-6-8(9)11(17)15-7-4-10(16)14-5-7/h2-3,6-7H,4-5H2,1H3,(H,12,13)(H,14,16)(H,15,17). The van der Waals surface area contributed by atoms with E-state index in [1.807, 2.05) is 0 Å². The molecule has 0 aliphatic carbocycles. The number of anilines is 1. The minimum Gasteiger partial charge on any atom is -0.387 e. The highest BCUT2D eigenvalue weighted by Gasteiger charge is 2.24. The maximum absolute atomic E-state index is 12.0. The van der Waals surface area contributed by atoms with E-state index in [2.05, 4.69) is 20.9 Å². The Balaban J connectivity index is 2.06. The monoisotopic (exact) mass is 234 g/mol. The van der Waals surface area contributed by atoms with Crippen molar-refractivity contribution in [3.63, 3.8) is 0 Å². The molecule has 0 bridgehead atoms. The first-order valence-electron chi connectivity index (χ1n) is 5.40. The predicted octanol–water partition coefficient (Wildman–Crippen LogP) is -0.258. The molecule has 1 unspecified atom stereocenters. The average Bonchev–Trinajstić information content (AvgIpc) is 2.74. The first-order chi connectivity index (χ1) is 8.20. The fourth-order valence-electron chi connectivity index (χ4n) is 1.76. The molecular weight excluding hydrogens is 220 g/mol. The summed E-state index contributed by atoms with van der Waals surface area (Å²) in [4.78, 5) is 26.9. The molecule has 1 atom stereocenters. The first-order valence-corrected chi connectivity index (χ1v) is 5.40. The highest BCUT2D eigenvalue weighted by atomic mass is 16.2. The van der Waals surface area contributed by atoms with E-state index in [0.717, 1.165) is 5.69 Å². The lowest BCUT2D eigenvalue weighted by Gasteiger charge is -2.12. The molecule has 6 heteroatoms. The van der Waals surface area contributed by atoms with Gasteiger partial charge in [-0.05, 0) is 6.07 Å². The number of aromatic nitrogens is 1. The van der Waals surface area contributed by atoms with Gasteiger partial charge >= 0.3 is 0 Å².